The third kappa shape index (κ3) is 3.69. The molecule has 0 saturated carbocycles. The summed E-state index contributed by atoms with van der Waals surface area (Å²) >= 11 is 0. The maximum Gasteiger partial charge on any atom is 0.322 e. The van der Waals surface area contributed by atoms with E-state index >= 15 is 0 Å². The maximum absolute atomic E-state index is 13.9. The van der Waals surface area contributed by atoms with Gasteiger partial charge in [-0.05, 0) is 39.2 Å². The van der Waals surface area contributed by atoms with Gasteiger partial charge in [-0.15, -0.1) is 0 Å². The summed E-state index contributed by atoms with van der Waals surface area (Å²) in [4.78, 5) is 16.6. The summed E-state index contributed by atoms with van der Waals surface area (Å²) in [5, 5.41) is 19.6. The molecule has 9 heteroatoms. The van der Waals surface area contributed by atoms with Crippen molar-refractivity contribution >= 4 is 5.95 Å². The van der Waals surface area contributed by atoms with Crippen molar-refractivity contribution in [1.29, 1.82) is 5.26 Å². The Kier molecular flexibility index (Phi) is 4.64. The van der Waals surface area contributed by atoms with Gasteiger partial charge in [0.15, 0.2) is 0 Å². The van der Waals surface area contributed by atoms with Gasteiger partial charge < -0.3 is 14.7 Å². The molecule has 27 heavy (non-hydrogen) atoms. The molecule has 0 bridgehead atoms. The van der Waals surface area contributed by atoms with Gasteiger partial charge in [-0.3, -0.25) is 4.90 Å². The van der Waals surface area contributed by atoms with E-state index < -0.39 is 11.8 Å². The normalized spacial score (nSPS) is 33.7. The van der Waals surface area contributed by atoms with Crippen molar-refractivity contribution < 1.29 is 14.2 Å². The van der Waals surface area contributed by atoms with Gasteiger partial charge >= 0.3 is 6.01 Å². The predicted octanol–water partition coefficient (Wildman–Crippen LogP) is 1.05. The molecule has 0 radical (unpaired) electrons. The lowest BCUT2D eigenvalue weighted by atomic mass is 9.95. The molecule has 0 aliphatic carbocycles. The molecule has 0 unspecified atom stereocenters. The Labute approximate surface area is 158 Å². The summed E-state index contributed by atoms with van der Waals surface area (Å²) in [5.41, 5.74) is -1.12. The van der Waals surface area contributed by atoms with E-state index in [1.54, 1.807) is 6.92 Å². The van der Waals surface area contributed by atoms with Crippen LogP contribution in [0.15, 0.2) is 0 Å². The summed E-state index contributed by atoms with van der Waals surface area (Å²) in [6, 6.07) is 2.03. The Morgan fingerprint density at radius 2 is 2.11 bits per heavy atom. The van der Waals surface area contributed by atoms with Crippen molar-refractivity contribution in [2.75, 3.05) is 37.7 Å². The Bertz CT molecular complexity index is 754. The van der Waals surface area contributed by atoms with Gasteiger partial charge in [0.2, 0.25) is 11.8 Å². The number of rotatable bonds is 4. The summed E-state index contributed by atoms with van der Waals surface area (Å²) in [5.74, 6) is 0.322. The second-order valence-corrected chi connectivity index (χ2v) is 8.24. The molecule has 3 fully saturated rings. The smallest absolute Gasteiger partial charge is 0.322 e. The number of halogens is 1. The first-order valence-corrected chi connectivity index (χ1v) is 9.55. The van der Waals surface area contributed by atoms with E-state index in [9.17, 15) is 14.8 Å². The molecular weight excluding hydrogens is 351 g/mol. The first-order chi connectivity index (χ1) is 12.9. The molecule has 3 aliphatic rings. The maximum atomic E-state index is 13.9. The summed E-state index contributed by atoms with van der Waals surface area (Å²) in [7, 11) is 0. The first-order valence-electron chi connectivity index (χ1n) is 9.55. The summed E-state index contributed by atoms with van der Waals surface area (Å²) in [6.45, 7) is 4.52. The Morgan fingerprint density at radius 1 is 1.30 bits per heavy atom. The number of nitriles is 1. The highest BCUT2D eigenvalue weighted by molar-refractivity contribution is 5.35. The molecule has 0 aromatic carbocycles. The molecule has 0 amide bonds. The van der Waals surface area contributed by atoms with Crippen molar-refractivity contribution in [3.8, 4) is 12.1 Å². The van der Waals surface area contributed by atoms with Gasteiger partial charge in [0, 0.05) is 26.1 Å². The highest BCUT2D eigenvalue weighted by Crippen LogP contribution is 2.40. The van der Waals surface area contributed by atoms with Gasteiger partial charge in [0.1, 0.15) is 18.8 Å². The standard InChI is InChI=1S/C18H25FN6O2/c1-17(26)4-2-6-24(11-17)15-21-14(9-20)22-16(23-15)27-12-18-5-3-7-25(18)10-13(19)8-18/h13,26H,2-8,10-12H2,1H3/t13-,17-,18+/m1/s1. The SMILES string of the molecule is C[C@@]1(O)CCCN(c2nc(C#N)nc(OC[C@@]34CCCN3C[C@H](F)C4)n2)C1. The van der Waals surface area contributed by atoms with Crippen LogP contribution in [0.5, 0.6) is 6.01 Å². The van der Waals surface area contributed by atoms with E-state index in [-0.39, 0.29) is 17.4 Å². The van der Waals surface area contributed by atoms with E-state index in [0.717, 1.165) is 25.8 Å². The van der Waals surface area contributed by atoms with E-state index in [1.807, 2.05) is 11.0 Å². The number of hydrogen-bond donors (Lipinski definition) is 1. The van der Waals surface area contributed by atoms with Crippen molar-refractivity contribution in [2.24, 2.45) is 0 Å². The van der Waals surface area contributed by atoms with Gasteiger partial charge in [0.25, 0.3) is 0 Å². The fourth-order valence-corrected chi connectivity index (χ4v) is 4.64. The summed E-state index contributed by atoms with van der Waals surface area (Å²) in [6.07, 6.45) is 3.09. The van der Waals surface area contributed by atoms with Crippen LogP contribution in [0.1, 0.15) is 44.9 Å². The predicted molar refractivity (Wildman–Crippen MR) is 95.2 cm³/mol. The second kappa shape index (κ2) is 6.84. The van der Waals surface area contributed by atoms with Gasteiger partial charge in [0.05, 0.1) is 11.1 Å². The molecule has 8 nitrogen and oxygen atoms in total. The number of anilines is 1. The average molecular weight is 376 g/mol. The highest BCUT2D eigenvalue weighted by Gasteiger charge is 2.49. The third-order valence-electron chi connectivity index (χ3n) is 5.89. The van der Waals surface area contributed by atoms with Crippen LogP contribution >= 0.6 is 0 Å². The van der Waals surface area contributed by atoms with Gasteiger partial charge in [-0.1, -0.05) is 0 Å². The largest absolute Gasteiger partial charge is 0.461 e. The van der Waals surface area contributed by atoms with Crippen LogP contribution in [0.2, 0.25) is 0 Å². The number of fused-ring (bicyclic) bond motifs is 1. The van der Waals surface area contributed by atoms with E-state index in [4.69, 9.17) is 4.74 Å². The van der Waals surface area contributed by atoms with E-state index in [2.05, 4.69) is 19.9 Å². The van der Waals surface area contributed by atoms with Crippen LogP contribution in [0.25, 0.3) is 0 Å². The van der Waals surface area contributed by atoms with Crippen LogP contribution in [0.3, 0.4) is 0 Å². The van der Waals surface area contributed by atoms with Crippen molar-refractivity contribution in [1.82, 2.24) is 19.9 Å². The van der Waals surface area contributed by atoms with Gasteiger partial charge in [-0.25, -0.2) is 4.39 Å². The van der Waals surface area contributed by atoms with Crippen LogP contribution in [-0.2, 0) is 0 Å². The molecule has 3 saturated heterocycles. The van der Waals surface area contributed by atoms with E-state index in [0.29, 0.717) is 45.0 Å². The number of aliphatic hydroxyl groups is 1. The van der Waals surface area contributed by atoms with E-state index in [1.165, 1.54) is 0 Å². The van der Waals surface area contributed by atoms with Crippen LogP contribution in [0.4, 0.5) is 10.3 Å². The average Bonchev–Trinajstić information content (AvgIpc) is 3.14. The topological polar surface area (TPSA) is 98.4 Å². The lowest BCUT2D eigenvalue weighted by Gasteiger charge is -2.36. The molecule has 1 aromatic rings. The Morgan fingerprint density at radius 3 is 2.89 bits per heavy atom. The highest BCUT2D eigenvalue weighted by atomic mass is 19.1. The summed E-state index contributed by atoms with van der Waals surface area (Å²) < 4.78 is 19.8. The molecule has 3 atom stereocenters. The first kappa shape index (κ1) is 18.3. The third-order valence-corrected chi connectivity index (χ3v) is 5.89. The monoisotopic (exact) mass is 376 g/mol. The molecule has 0 spiro atoms. The molecule has 1 aromatic heterocycles. The lowest BCUT2D eigenvalue weighted by Crippen LogP contribution is -2.47. The molecular formula is C18H25FN6O2. The van der Waals surface area contributed by atoms with Crippen LogP contribution in [0, 0.1) is 11.3 Å². The Balaban J connectivity index is 1.52. The minimum absolute atomic E-state index is 0.0178. The second-order valence-electron chi connectivity index (χ2n) is 8.24. The fourth-order valence-electron chi connectivity index (χ4n) is 4.64. The zero-order valence-electron chi connectivity index (χ0n) is 15.6. The van der Waals surface area contributed by atoms with Crippen LogP contribution in [-0.4, -0.2) is 75.1 Å². The number of piperidine rings is 1. The molecule has 1 N–H and O–H groups in total. The Hall–Kier alpha value is -2.05. The van der Waals surface area contributed by atoms with Crippen LogP contribution < -0.4 is 9.64 Å². The molecule has 3 aliphatic heterocycles. The van der Waals surface area contributed by atoms with Gasteiger partial charge in [-0.2, -0.15) is 20.2 Å². The number of hydrogen-bond acceptors (Lipinski definition) is 8. The fraction of sp³-hybridized carbons (Fsp3) is 0.778. The quantitative estimate of drug-likeness (QED) is 0.833. The van der Waals surface area contributed by atoms with Crippen molar-refractivity contribution in [2.45, 2.75) is 56.3 Å². The minimum atomic E-state index is -0.826. The van der Waals surface area contributed by atoms with Crippen molar-refractivity contribution in [3.05, 3.63) is 5.82 Å². The molecule has 4 heterocycles. The molecule has 146 valence electrons. The molecule has 4 rings (SSSR count). The number of ether oxygens (including phenoxy) is 1. The van der Waals surface area contributed by atoms with Crippen molar-refractivity contribution in [3.63, 3.8) is 0 Å². The number of aromatic nitrogens is 3. The lowest BCUT2D eigenvalue weighted by molar-refractivity contribution is 0.0443. The number of alkyl halides is 1. The number of nitrogens with zero attached hydrogens (tertiary/aromatic N) is 6. The zero-order chi connectivity index (χ0) is 19.1. The number of β-amino-alcohol motifs (C(OH)–C–C–N with tert-alkyl or cyclic N) is 1. The zero-order valence-corrected chi connectivity index (χ0v) is 15.6. The minimum Gasteiger partial charge on any atom is -0.461 e.